The monoisotopic (exact) mass is 381 g/mol. The summed E-state index contributed by atoms with van der Waals surface area (Å²) >= 11 is 0. The highest BCUT2D eigenvalue weighted by atomic mass is 16.6. The van der Waals surface area contributed by atoms with Crippen LogP contribution < -0.4 is 14.2 Å². The Hall–Kier alpha value is -3.15. The first-order valence-corrected chi connectivity index (χ1v) is 9.35. The molecule has 0 spiro atoms. The summed E-state index contributed by atoms with van der Waals surface area (Å²) < 4.78 is 22.9. The molecule has 1 aromatic heterocycles. The molecule has 4 rings (SSSR count). The average Bonchev–Trinajstić information content (AvgIpc) is 3.07. The molecule has 146 valence electrons. The molecule has 0 saturated carbocycles. The lowest BCUT2D eigenvalue weighted by molar-refractivity contribution is 0.0456. The third kappa shape index (κ3) is 3.26. The molecule has 2 aromatic carbocycles. The van der Waals surface area contributed by atoms with Crippen LogP contribution in [0.3, 0.4) is 0 Å². The molecule has 0 aliphatic carbocycles. The van der Waals surface area contributed by atoms with E-state index >= 15 is 0 Å². The Morgan fingerprint density at radius 1 is 1.21 bits per heavy atom. The summed E-state index contributed by atoms with van der Waals surface area (Å²) in [5.41, 5.74) is 1.48. The highest BCUT2D eigenvalue weighted by Crippen LogP contribution is 2.32. The van der Waals surface area contributed by atoms with E-state index in [2.05, 4.69) is 0 Å². The molecular weight excluding hydrogens is 358 g/mol. The summed E-state index contributed by atoms with van der Waals surface area (Å²) in [5.74, 6) is 2.36. The number of carbonyl (C=O) groups excluding carboxylic acids is 1. The Morgan fingerprint density at radius 3 is 2.75 bits per heavy atom. The standard InChI is InChI=1S/C22H23NO5/c1-4-23(12-16-13-26-19-7-5-6-8-20(19)27-16)22(24)21-14(2)17-11-15(25-3)9-10-18(17)28-21/h5-11,16H,4,12-13H2,1-3H3/t16-/m0/s1. The number of methoxy groups -OCH3 is 1. The van der Waals surface area contributed by atoms with Crippen molar-refractivity contribution in [3.8, 4) is 17.2 Å². The molecule has 6 nitrogen and oxygen atoms in total. The topological polar surface area (TPSA) is 61.1 Å². The van der Waals surface area contributed by atoms with E-state index in [1.807, 2.05) is 56.3 Å². The lowest BCUT2D eigenvalue weighted by Gasteiger charge is -2.30. The molecule has 3 aromatic rings. The van der Waals surface area contributed by atoms with Gasteiger partial charge < -0.3 is 23.5 Å². The fourth-order valence-corrected chi connectivity index (χ4v) is 3.43. The minimum Gasteiger partial charge on any atom is -0.497 e. The molecule has 0 bridgehead atoms. The zero-order chi connectivity index (χ0) is 19.7. The molecule has 0 N–H and O–H groups in total. The molecule has 0 radical (unpaired) electrons. The number of carbonyl (C=O) groups is 1. The van der Waals surface area contributed by atoms with Crippen LogP contribution >= 0.6 is 0 Å². The van der Waals surface area contributed by atoms with Crippen LogP contribution in [0.1, 0.15) is 23.0 Å². The SMILES string of the molecule is CCN(C[C@H]1COc2ccccc2O1)C(=O)c1oc2ccc(OC)cc2c1C. The number of furan rings is 1. The minimum absolute atomic E-state index is 0.155. The molecule has 1 amide bonds. The van der Waals surface area contributed by atoms with E-state index < -0.39 is 0 Å². The molecule has 6 heteroatoms. The van der Waals surface area contributed by atoms with E-state index in [9.17, 15) is 4.79 Å². The van der Waals surface area contributed by atoms with Crippen LogP contribution in [-0.2, 0) is 0 Å². The minimum atomic E-state index is -0.233. The number of nitrogens with zero attached hydrogens (tertiary/aromatic N) is 1. The number of fused-ring (bicyclic) bond motifs is 2. The lowest BCUT2D eigenvalue weighted by Crippen LogP contribution is -2.43. The van der Waals surface area contributed by atoms with E-state index in [-0.39, 0.29) is 12.0 Å². The molecular formula is C22H23NO5. The van der Waals surface area contributed by atoms with Crippen molar-refractivity contribution in [2.75, 3.05) is 26.8 Å². The average molecular weight is 381 g/mol. The summed E-state index contributed by atoms with van der Waals surface area (Å²) in [6.07, 6.45) is -0.233. The summed E-state index contributed by atoms with van der Waals surface area (Å²) in [6.45, 7) is 5.19. The van der Waals surface area contributed by atoms with Crippen LogP contribution in [0.2, 0.25) is 0 Å². The first-order chi connectivity index (χ1) is 13.6. The van der Waals surface area contributed by atoms with Crippen molar-refractivity contribution in [3.63, 3.8) is 0 Å². The normalized spacial score (nSPS) is 15.5. The molecule has 1 aliphatic heterocycles. The van der Waals surface area contributed by atoms with Crippen LogP contribution in [0.4, 0.5) is 0 Å². The van der Waals surface area contributed by atoms with Gasteiger partial charge in [-0.05, 0) is 44.2 Å². The van der Waals surface area contributed by atoms with Crippen molar-refractivity contribution >= 4 is 16.9 Å². The van der Waals surface area contributed by atoms with E-state index in [1.165, 1.54) is 0 Å². The van der Waals surface area contributed by atoms with Gasteiger partial charge in [-0.25, -0.2) is 0 Å². The lowest BCUT2D eigenvalue weighted by atomic mass is 10.1. The number of para-hydroxylation sites is 2. The zero-order valence-corrected chi connectivity index (χ0v) is 16.2. The highest BCUT2D eigenvalue weighted by Gasteiger charge is 2.28. The van der Waals surface area contributed by atoms with Gasteiger partial charge in [0.1, 0.15) is 17.9 Å². The Labute approximate surface area is 163 Å². The molecule has 28 heavy (non-hydrogen) atoms. The van der Waals surface area contributed by atoms with Gasteiger partial charge in [0.05, 0.1) is 13.7 Å². The summed E-state index contributed by atoms with van der Waals surface area (Å²) in [4.78, 5) is 14.9. The third-order valence-corrected chi connectivity index (χ3v) is 5.00. The van der Waals surface area contributed by atoms with Crippen molar-refractivity contribution < 1.29 is 23.4 Å². The second kappa shape index (κ2) is 7.46. The van der Waals surface area contributed by atoms with Crippen LogP contribution in [0.15, 0.2) is 46.9 Å². The number of hydrogen-bond acceptors (Lipinski definition) is 5. The van der Waals surface area contributed by atoms with Crippen molar-refractivity contribution in [1.29, 1.82) is 0 Å². The number of amides is 1. The van der Waals surface area contributed by atoms with Gasteiger partial charge in [0.15, 0.2) is 23.4 Å². The maximum atomic E-state index is 13.1. The Kier molecular flexibility index (Phi) is 4.86. The Morgan fingerprint density at radius 2 is 2.00 bits per heavy atom. The van der Waals surface area contributed by atoms with Crippen molar-refractivity contribution in [3.05, 3.63) is 53.8 Å². The van der Waals surface area contributed by atoms with E-state index in [0.29, 0.717) is 36.8 Å². The molecule has 0 unspecified atom stereocenters. The van der Waals surface area contributed by atoms with Gasteiger partial charge in [-0.15, -0.1) is 0 Å². The predicted octanol–water partition coefficient (Wildman–Crippen LogP) is 4.05. The van der Waals surface area contributed by atoms with Gasteiger partial charge in [-0.2, -0.15) is 0 Å². The number of benzene rings is 2. The summed E-state index contributed by atoms with van der Waals surface area (Å²) in [6, 6.07) is 13.1. The predicted molar refractivity (Wildman–Crippen MR) is 105 cm³/mol. The Bertz CT molecular complexity index is 1010. The van der Waals surface area contributed by atoms with Crippen LogP contribution in [0.5, 0.6) is 17.2 Å². The second-order valence-corrected chi connectivity index (χ2v) is 6.76. The van der Waals surface area contributed by atoms with E-state index in [0.717, 1.165) is 22.4 Å². The maximum Gasteiger partial charge on any atom is 0.290 e. The molecule has 1 aliphatic rings. The van der Waals surface area contributed by atoms with E-state index in [4.69, 9.17) is 18.6 Å². The number of ether oxygens (including phenoxy) is 3. The van der Waals surface area contributed by atoms with Gasteiger partial charge in [0, 0.05) is 17.5 Å². The van der Waals surface area contributed by atoms with Crippen LogP contribution in [-0.4, -0.2) is 43.7 Å². The van der Waals surface area contributed by atoms with Gasteiger partial charge in [-0.1, -0.05) is 12.1 Å². The Balaban J connectivity index is 1.55. The number of rotatable bonds is 5. The first kappa shape index (κ1) is 18.2. The molecule has 1 atom stereocenters. The van der Waals surface area contributed by atoms with Crippen molar-refractivity contribution in [2.24, 2.45) is 0 Å². The number of hydrogen-bond donors (Lipinski definition) is 0. The summed E-state index contributed by atoms with van der Waals surface area (Å²) in [7, 11) is 1.62. The highest BCUT2D eigenvalue weighted by molar-refractivity contribution is 5.99. The first-order valence-electron chi connectivity index (χ1n) is 9.35. The maximum absolute atomic E-state index is 13.1. The molecule has 0 fully saturated rings. The number of likely N-dealkylation sites (N-methyl/N-ethyl adjacent to an activating group) is 1. The largest absolute Gasteiger partial charge is 0.497 e. The smallest absolute Gasteiger partial charge is 0.290 e. The number of aryl methyl sites for hydroxylation is 1. The fourth-order valence-electron chi connectivity index (χ4n) is 3.43. The van der Waals surface area contributed by atoms with Gasteiger partial charge in [0.25, 0.3) is 5.91 Å². The van der Waals surface area contributed by atoms with Crippen molar-refractivity contribution in [2.45, 2.75) is 20.0 Å². The second-order valence-electron chi connectivity index (χ2n) is 6.76. The van der Waals surface area contributed by atoms with Crippen molar-refractivity contribution in [1.82, 2.24) is 4.90 Å². The quantitative estimate of drug-likeness (QED) is 0.667. The van der Waals surface area contributed by atoms with Gasteiger partial charge in [-0.3, -0.25) is 4.79 Å². The summed E-state index contributed by atoms with van der Waals surface area (Å²) in [5, 5.41) is 0.880. The zero-order valence-electron chi connectivity index (χ0n) is 16.2. The van der Waals surface area contributed by atoms with Crippen LogP contribution in [0, 0.1) is 6.92 Å². The fraction of sp³-hybridized carbons (Fsp3) is 0.318. The van der Waals surface area contributed by atoms with Crippen LogP contribution in [0.25, 0.3) is 11.0 Å². The van der Waals surface area contributed by atoms with E-state index in [1.54, 1.807) is 12.0 Å². The third-order valence-electron chi connectivity index (χ3n) is 5.00. The molecule has 0 saturated heterocycles. The molecule has 2 heterocycles. The van der Waals surface area contributed by atoms with Gasteiger partial charge in [0.2, 0.25) is 0 Å². The van der Waals surface area contributed by atoms with Gasteiger partial charge >= 0.3 is 0 Å².